The second-order valence-electron chi connectivity index (χ2n) is 8.88. The number of fused-ring (bicyclic) bond motifs is 1. The highest BCUT2D eigenvalue weighted by molar-refractivity contribution is 6.08. The van der Waals surface area contributed by atoms with Gasteiger partial charge in [0.15, 0.2) is 6.61 Å². The number of esters is 1. The fourth-order valence-corrected chi connectivity index (χ4v) is 4.62. The van der Waals surface area contributed by atoms with Crippen LogP contribution in [0, 0.1) is 25.7 Å². The van der Waals surface area contributed by atoms with Crippen molar-refractivity contribution in [3.05, 3.63) is 77.4 Å². The summed E-state index contributed by atoms with van der Waals surface area (Å²) in [5.41, 5.74) is 3.39. The van der Waals surface area contributed by atoms with Gasteiger partial charge in [-0.15, -0.1) is 0 Å². The van der Waals surface area contributed by atoms with Gasteiger partial charge in [0.2, 0.25) is 11.8 Å². The van der Waals surface area contributed by atoms with Crippen LogP contribution in [0.3, 0.4) is 0 Å². The molecule has 0 aromatic heterocycles. The van der Waals surface area contributed by atoms with Crippen LogP contribution < -0.4 is 5.32 Å². The first kappa shape index (κ1) is 23.4. The maximum absolute atomic E-state index is 13.1. The zero-order valence-electron chi connectivity index (χ0n) is 19.3. The number of likely N-dealkylation sites (tertiary alicyclic amines) is 1. The highest BCUT2D eigenvalue weighted by atomic mass is 16.5. The van der Waals surface area contributed by atoms with Crippen molar-refractivity contribution >= 4 is 29.4 Å². The molecule has 0 spiro atoms. The minimum absolute atomic E-state index is 0.128. The molecule has 0 bridgehead atoms. The van der Waals surface area contributed by atoms with Crippen LogP contribution in [-0.4, -0.2) is 41.2 Å². The molecule has 1 heterocycles. The Kier molecular flexibility index (Phi) is 6.91. The molecule has 34 heavy (non-hydrogen) atoms. The van der Waals surface area contributed by atoms with Crippen LogP contribution >= 0.6 is 0 Å². The van der Waals surface area contributed by atoms with E-state index in [4.69, 9.17) is 4.74 Å². The monoisotopic (exact) mass is 460 g/mol. The van der Waals surface area contributed by atoms with Crippen LogP contribution in [0.1, 0.15) is 29.5 Å². The van der Waals surface area contributed by atoms with E-state index in [0.717, 1.165) is 21.6 Å². The SMILES string of the molecule is Cc1ccc(NC(=O)COC(=O)[C@H](Cc2ccccc2)N2C(=O)[C@@H]3CC=CC[C@H]3C2=O)c(C)c1. The van der Waals surface area contributed by atoms with Crippen molar-refractivity contribution in [2.75, 3.05) is 11.9 Å². The Bertz CT molecular complexity index is 1110. The van der Waals surface area contributed by atoms with Crippen LogP contribution in [0.5, 0.6) is 0 Å². The topological polar surface area (TPSA) is 92.8 Å². The Hall–Kier alpha value is -3.74. The first-order chi connectivity index (χ1) is 16.3. The Morgan fingerprint density at radius 3 is 2.26 bits per heavy atom. The van der Waals surface area contributed by atoms with Gasteiger partial charge in [0.05, 0.1) is 11.8 Å². The molecule has 0 radical (unpaired) electrons. The molecule has 0 unspecified atom stereocenters. The Morgan fingerprint density at radius 2 is 1.65 bits per heavy atom. The van der Waals surface area contributed by atoms with E-state index < -0.39 is 36.4 Å². The average Bonchev–Trinajstić information content (AvgIpc) is 3.08. The van der Waals surface area contributed by atoms with Gasteiger partial charge in [0.1, 0.15) is 6.04 Å². The van der Waals surface area contributed by atoms with E-state index in [1.165, 1.54) is 0 Å². The Labute approximate surface area is 198 Å². The van der Waals surface area contributed by atoms with Crippen molar-refractivity contribution in [2.24, 2.45) is 11.8 Å². The summed E-state index contributed by atoms with van der Waals surface area (Å²) in [6, 6.07) is 13.6. The number of amides is 3. The first-order valence-electron chi connectivity index (χ1n) is 11.4. The van der Waals surface area contributed by atoms with Crippen molar-refractivity contribution in [2.45, 2.75) is 39.2 Å². The third kappa shape index (κ3) is 4.93. The van der Waals surface area contributed by atoms with Gasteiger partial charge >= 0.3 is 5.97 Å². The van der Waals surface area contributed by atoms with E-state index in [9.17, 15) is 19.2 Å². The highest BCUT2D eigenvalue weighted by Crippen LogP contribution is 2.36. The number of hydrogen-bond acceptors (Lipinski definition) is 5. The lowest BCUT2D eigenvalue weighted by Crippen LogP contribution is -2.48. The number of benzene rings is 2. The fourth-order valence-electron chi connectivity index (χ4n) is 4.62. The lowest BCUT2D eigenvalue weighted by Gasteiger charge is -2.25. The van der Waals surface area contributed by atoms with Crippen LogP contribution in [0.2, 0.25) is 0 Å². The first-order valence-corrected chi connectivity index (χ1v) is 11.4. The van der Waals surface area contributed by atoms with Crippen LogP contribution in [0.25, 0.3) is 0 Å². The predicted molar refractivity (Wildman–Crippen MR) is 127 cm³/mol. The maximum Gasteiger partial charge on any atom is 0.330 e. The molecule has 2 aromatic carbocycles. The minimum atomic E-state index is -1.12. The summed E-state index contributed by atoms with van der Waals surface area (Å²) in [7, 11) is 0. The summed E-state index contributed by atoms with van der Waals surface area (Å²) in [6.07, 6.45) is 4.90. The molecule has 7 heteroatoms. The number of aryl methyl sites for hydroxylation is 2. The van der Waals surface area contributed by atoms with Gasteiger partial charge in [-0.05, 0) is 43.9 Å². The van der Waals surface area contributed by atoms with E-state index in [1.54, 1.807) is 6.07 Å². The molecule has 2 aliphatic rings. The average molecular weight is 461 g/mol. The van der Waals surface area contributed by atoms with E-state index in [0.29, 0.717) is 18.5 Å². The van der Waals surface area contributed by atoms with Crippen LogP contribution in [-0.2, 0) is 30.3 Å². The zero-order valence-corrected chi connectivity index (χ0v) is 19.3. The number of rotatable bonds is 7. The molecule has 1 aliphatic heterocycles. The number of anilines is 1. The lowest BCUT2D eigenvalue weighted by atomic mass is 9.85. The van der Waals surface area contributed by atoms with E-state index >= 15 is 0 Å². The third-order valence-corrected chi connectivity index (χ3v) is 6.40. The molecule has 176 valence electrons. The molecule has 7 nitrogen and oxygen atoms in total. The van der Waals surface area contributed by atoms with Crippen molar-refractivity contribution in [1.29, 1.82) is 0 Å². The predicted octanol–water partition coefficient (Wildman–Crippen LogP) is 3.35. The third-order valence-electron chi connectivity index (χ3n) is 6.40. The molecule has 1 saturated heterocycles. The summed E-state index contributed by atoms with van der Waals surface area (Å²) in [4.78, 5) is 52.9. The standard InChI is InChI=1S/C27H28N2O5/c1-17-12-13-22(18(2)14-17)28-24(30)16-34-27(33)23(15-19-8-4-3-5-9-19)29-25(31)20-10-6-7-11-21(20)26(29)32/h3-9,12-14,20-21,23H,10-11,15-16H2,1-2H3,(H,28,30)/t20-,21-,23+/m1/s1. The van der Waals surface area contributed by atoms with E-state index in [2.05, 4.69) is 5.32 Å². The van der Waals surface area contributed by atoms with Gasteiger partial charge in [-0.1, -0.05) is 60.2 Å². The van der Waals surface area contributed by atoms with Crippen molar-refractivity contribution in [3.8, 4) is 0 Å². The zero-order chi connectivity index (χ0) is 24.2. The summed E-state index contributed by atoms with van der Waals surface area (Å²) in [6.45, 7) is 3.33. The number of allylic oxidation sites excluding steroid dienone is 2. The van der Waals surface area contributed by atoms with Gasteiger partial charge in [0.25, 0.3) is 5.91 Å². The summed E-state index contributed by atoms with van der Waals surface area (Å²) >= 11 is 0. The molecule has 3 atom stereocenters. The van der Waals surface area contributed by atoms with Gasteiger partial charge < -0.3 is 10.1 Å². The van der Waals surface area contributed by atoms with Gasteiger partial charge in [-0.25, -0.2) is 4.79 Å². The maximum atomic E-state index is 13.1. The van der Waals surface area contributed by atoms with Crippen LogP contribution in [0.4, 0.5) is 5.69 Å². The Balaban J connectivity index is 1.48. The van der Waals surface area contributed by atoms with Crippen molar-refractivity contribution < 1.29 is 23.9 Å². The molecule has 4 rings (SSSR count). The minimum Gasteiger partial charge on any atom is -0.454 e. The van der Waals surface area contributed by atoms with Crippen molar-refractivity contribution in [1.82, 2.24) is 4.90 Å². The largest absolute Gasteiger partial charge is 0.454 e. The van der Waals surface area contributed by atoms with Crippen molar-refractivity contribution in [3.63, 3.8) is 0 Å². The molecular formula is C27H28N2O5. The van der Waals surface area contributed by atoms with E-state index in [-0.39, 0.29) is 18.2 Å². The number of imide groups is 1. The molecule has 0 saturated carbocycles. The number of carbonyl (C=O) groups excluding carboxylic acids is 4. The fraction of sp³-hybridized carbons (Fsp3) is 0.333. The molecule has 1 N–H and O–H groups in total. The lowest BCUT2D eigenvalue weighted by molar-refractivity contribution is -0.159. The highest BCUT2D eigenvalue weighted by Gasteiger charge is 2.51. The van der Waals surface area contributed by atoms with Gasteiger partial charge in [0, 0.05) is 12.1 Å². The number of nitrogens with one attached hydrogen (secondary N) is 1. The number of hydrogen-bond donors (Lipinski definition) is 1. The van der Waals surface area contributed by atoms with Gasteiger partial charge in [-0.2, -0.15) is 0 Å². The summed E-state index contributed by atoms with van der Waals surface area (Å²) in [5, 5.41) is 2.74. The quantitative estimate of drug-likeness (QED) is 0.389. The second-order valence-corrected chi connectivity index (χ2v) is 8.88. The normalized spacial score (nSPS) is 20.1. The molecular weight excluding hydrogens is 432 g/mol. The number of carbonyl (C=O) groups is 4. The van der Waals surface area contributed by atoms with Crippen LogP contribution in [0.15, 0.2) is 60.7 Å². The molecule has 2 aromatic rings. The summed E-state index contributed by atoms with van der Waals surface area (Å²) < 4.78 is 5.32. The second kappa shape index (κ2) is 10.0. The summed E-state index contributed by atoms with van der Waals surface area (Å²) in [5.74, 6) is -2.86. The smallest absolute Gasteiger partial charge is 0.330 e. The molecule has 1 aliphatic carbocycles. The number of nitrogens with zero attached hydrogens (tertiary/aromatic N) is 1. The van der Waals surface area contributed by atoms with E-state index in [1.807, 2.05) is 68.5 Å². The van der Waals surface area contributed by atoms with Gasteiger partial charge in [-0.3, -0.25) is 19.3 Å². The molecule has 1 fully saturated rings. The number of ether oxygens (including phenoxy) is 1. The Morgan fingerprint density at radius 1 is 1.00 bits per heavy atom. The molecule has 3 amide bonds.